The van der Waals surface area contributed by atoms with Crippen LogP contribution in [0.25, 0.3) is 10.9 Å². The molecule has 0 saturated heterocycles. The van der Waals surface area contributed by atoms with Crippen LogP contribution in [0.1, 0.15) is 0 Å². The molecule has 0 saturated carbocycles. The van der Waals surface area contributed by atoms with Gasteiger partial charge in [0.05, 0.1) is 11.2 Å². The molecule has 1 amide bonds. The minimum Gasteiger partial charge on any atom is -0.338 e. The number of nitrogens with zero attached hydrogens (tertiary/aromatic N) is 1. The molecule has 1 N–H and O–H groups in total. The van der Waals surface area contributed by atoms with Gasteiger partial charge in [-0.15, -0.1) is 0 Å². The van der Waals surface area contributed by atoms with Gasteiger partial charge in [-0.05, 0) is 30.3 Å². The van der Waals surface area contributed by atoms with Crippen LogP contribution >= 0.6 is 15.9 Å². The molecule has 0 unspecified atom stereocenters. The number of halogens is 3. The SMILES string of the molecule is O=C(Cn1ccc(=O)c2ccc(Br)cc21)Nc1ccc(F)cc1F. The van der Waals surface area contributed by atoms with Gasteiger partial charge >= 0.3 is 0 Å². The number of hydrogen-bond donors (Lipinski definition) is 1. The molecule has 24 heavy (non-hydrogen) atoms. The number of carbonyl (C=O) groups is 1. The van der Waals surface area contributed by atoms with Crippen LogP contribution in [0.3, 0.4) is 0 Å². The van der Waals surface area contributed by atoms with Crippen LogP contribution < -0.4 is 10.7 Å². The van der Waals surface area contributed by atoms with Crippen molar-refractivity contribution in [1.82, 2.24) is 4.57 Å². The van der Waals surface area contributed by atoms with Crippen molar-refractivity contribution in [2.75, 3.05) is 5.32 Å². The van der Waals surface area contributed by atoms with E-state index in [1.807, 2.05) is 0 Å². The summed E-state index contributed by atoms with van der Waals surface area (Å²) in [5, 5.41) is 2.86. The van der Waals surface area contributed by atoms with Gasteiger partial charge < -0.3 is 9.88 Å². The molecule has 3 aromatic rings. The molecule has 0 atom stereocenters. The van der Waals surface area contributed by atoms with Crippen LogP contribution in [-0.2, 0) is 11.3 Å². The molecule has 0 radical (unpaired) electrons. The molecular weight excluding hydrogens is 382 g/mol. The molecular formula is C17H11BrF2N2O2. The van der Waals surface area contributed by atoms with Gasteiger partial charge in [-0.25, -0.2) is 8.78 Å². The summed E-state index contributed by atoms with van der Waals surface area (Å²) in [4.78, 5) is 24.0. The quantitative estimate of drug-likeness (QED) is 0.738. The molecule has 0 bridgehead atoms. The van der Waals surface area contributed by atoms with Crippen molar-refractivity contribution < 1.29 is 13.6 Å². The summed E-state index contributed by atoms with van der Waals surface area (Å²) in [5.41, 5.74) is 0.318. The van der Waals surface area contributed by atoms with E-state index in [1.54, 1.807) is 22.8 Å². The van der Waals surface area contributed by atoms with Crippen molar-refractivity contribution in [3.63, 3.8) is 0 Å². The maximum Gasteiger partial charge on any atom is 0.244 e. The number of fused-ring (bicyclic) bond motifs is 1. The Bertz CT molecular complexity index is 1000. The zero-order valence-corrected chi connectivity index (χ0v) is 13.8. The van der Waals surface area contributed by atoms with Gasteiger partial charge in [-0.3, -0.25) is 9.59 Å². The van der Waals surface area contributed by atoms with Gasteiger partial charge in [0.2, 0.25) is 5.91 Å². The topological polar surface area (TPSA) is 51.1 Å². The highest BCUT2D eigenvalue weighted by Gasteiger charge is 2.10. The first-order chi connectivity index (χ1) is 11.4. The van der Waals surface area contributed by atoms with Crippen LogP contribution in [-0.4, -0.2) is 10.5 Å². The Balaban J connectivity index is 1.89. The Morgan fingerprint density at radius 2 is 1.92 bits per heavy atom. The summed E-state index contributed by atoms with van der Waals surface area (Å²) in [5.74, 6) is -2.07. The van der Waals surface area contributed by atoms with E-state index < -0.39 is 17.5 Å². The van der Waals surface area contributed by atoms with E-state index in [0.717, 1.165) is 16.6 Å². The van der Waals surface area contributed by atoms with Crippen LogP contribution in [0.15, 0.2) is 57.9 Å². The fourth-order valence-electron chi connectivity index (χ4n) is 2.35. The summed E-state index contributed by atoms with van der Waals surface area (Å²) in [6.07, 6.45) is 1.50. The first-order valence-electron chi connectivity index (χ1n) is 6.97. The molecule has 122 valence electrons. The lowest BCUT2D eigenvalue weighted by molar-refractivity contribution is -0.116. The average Bonchev–Trinajstić information content (AvgIpc) is 2.53. The lowest BCUT2D eigenvalue weighted by atomic mass is 10.2. The second-order valence-electron chi connectivity index (χ2n) is 5.14. The van der Waals surface area contributed by atoms with E-state index in [-0.39, 0.29) is 17.7 Å². The molecule has 0 fully saturated rings. The van der Waals surface area contributed by atoms with Gasteiger partial charge in [0, 0.05) is 28.2 Å². The summed E-state index contributed by atoms with van der Waals surface area (Å²) >= 11 is 3.33. The number of aromatic nitrogens is 1. The number of amides is 1. The zero-order valence-electron chi connectivity index (χ0n) is 12.2. The highest BCUT2D eigenvalue weighted by atomic mass is 79.9. The second-order valence-corrected chi connectivity index (χ2v) is 6.06. The summed E-state index contributed by atoms with van der Waals surface area (Å²) in [7, 11) is 0. The third kappa shape index (κ3) is 3.35. The lowest BCUT2D eigenvalue weighted by Crippen LogP contribution is -2.21. The molecule has 1 heterocycles. The van der Waals surface area contributed by atoms with E-state index in [0.29, 0.717) is 17.0 Å². The Morgan fingerprint density at radius 1 is 1.12 bits per heavy atom. The lowest BCUT2D eigenvalue weighted by Gasteiger charge is -2.12. The molecule has 4 nitrogen and oxygen atoms in total. The summed E-state index contributed by atoms with van der Waals surface area (Å²) in [6, 6.07) is 9.40. The molecule has 1 aromatic heterocycles. The highest BCUT2D eigenvalue weighted by Crippen LogP contribution is 2.18. The van der Waals surface area contributed by atoms with Crippen molar-refractivity contribution >= 4 is 38.4 Å². The van der Waals surface area contributed by atoms with Crippen LogP contribution in [0, 0.1) is 11.6 Å². The van der Waals surface area contributed by atoms with Gasteiger partial charge in [0.25, 0.3) is 0 Å². The van der Waals surface area contributed by atoms with Gasteiger partial charge in [0.1, 0.15) is 18.2 Å². The van der Waals surface area contributed by atoms with Crippen LogP contribution in [0.2, 0.25) is 0 Å². The van der Waals surface area contributed by atoms with Crippen molar-refractivity contribution in [3.8, 4) is 0 Å². The molecule has 7 heteroatoms. The van der Waals surface area contributed by atoms with E-state index in [1.165, 1.54) is 12.3 Å². The number of carbonyl (C=O) groups excluding carboxylic acids is 1. The van der Waals surface area contributed by atoms with Crippen molar-refractivity contribution in [3.05, 3.63) is 75.0 Å². The average molecular weight is 393 g/mol. The zero-order chi connectivity index (χ0) is 17.3. The minimum atomic E-state index is -0.851. The fraction of sp³-hybridized carbons (Fsp3) is 0.0588. The molecule has 0 aliphatic heterocycles. The largest absolute Gasteiger partial charge is 0.338 e. The van der Waals surface area contributed by atoms with E-state index in [4.69, 9.17) is 0 Å². The van der Waals surface area contributed by atoms with Gasteiger partial charge in [0.15, 0.2) is 5.43 Å². The minimum absolute atomic E-state index is 0.104. The van der Waals surface area contributed by atoms with Crippen molar-refractivity contribution in [1.29, 1.82) is 0 Å². The fourth-order valence-corrected chi connectivity index (χ4v) is 2.70. The number of benzene rings is 2. The first kappa shape index (κ1) is 16.3. The Labute approximate surface area is 143 Å². The molecule has 0 aliphatic carbocycles. The monoisotopic (exact) mass is 392 g/mol. The summed E-state index contributed by atoms with van der Waals surface area (Å²) < 4.78 is 28.8. The molecule has 0 spiro atoms. The summed E-state index contributed by atoms with van der Waals surface area (Å²) in [6.45, 7) is -0.121. The Kier molecular flexibility index (Phi) is 4.44. The number of rotatable bonds is 3. The van der Waals surface area contributed by atoms with E-state index in [2.05, 4.69) is 21.2 Å². The number of anilines is 1. The number of pyridine rings is 1. The number of nitrogens with one attached hydrogen (secondary N) is 1. The third-order valence-electron chi connectivity index (χ3n) is 3.46. The van der Waals surface area contributed by atoms with Crippen molar-refractivity contribution in [2.24, 2.45) is 0 Å². The predicted octanol–water partition coefficient (Wildman–Crippen LogP) is 3.68. The molecule has 3 rings (SSSR count). The molecule has 0 aliphatic rings. The smallest absolute Gasteiger partial charge is 0.244 e. The predicted molar refractivity (Wildman–Crippen MR) is 90.9 cm³/mol. The van der Waals surface area contributed by atoms with Gasteiger partial charge in [-0.1, -0.05) is 15.9 Å². The van der Waals surface area contributed by atoms with Crippen LogP contribution in [0.4, 0.5) is 14.5 Å². The normalized spacial score (nSPS) is 10.8. The third-order valence-corrected chi connectivity index (χ3v) is 3.95. The standard InChI is InChI=1S/C17H11BrF2N2O2/c18-10-1-3-12-15(7-10)22(6-5-16(12)23)9-17(24)21-14-4-2-11(19)8-13(14)20/h1-8H,9H2,(H,21,24). The molecule has 2 aromatic carbocycles. The van der Waals surface area contributed by atoms with E-state index >= 15 is 0 Å². The van der Waals surface area contributed by atoms with Crippen LogP contribution in [0.5, 0.6) is 0 Å². The Morgan fingerprint density at radius 3 is 2.67 bits per heavy atom. The van der Waals surface area contributed by atoms with Crippen molar-refractivity contribution in [2.45, 2.75) is 6.54 Å². The maximum absolute atomic E-state index is 13.6. The number of hydrogen-bond acceptors (Lipinski definition) is 2. The Hall–Kier alpha value is -2.54. The first-order valence-corrected chi connectivity index (χ1v) is 7.77. The highest BCUT2D eigenvalue weighted by molar-refractivity contribution is 9.10. The van der Waals surface area contributed by atoms with E-state index in [9.17, 15) is 18.4 Å². The second kappa shape index (κ2) is 6.52. The maximum atomic E-state index is 13.6. The van der Waals surface area contributed by atoms with Gasteiger partial charge in [-0.2, -0.15) is 0 Å².